The number of aromatic nitrogens is 2. The summed E-state index contributed by atoms with van der Waals surface area (Å²) in [4.78, 5) is 0. The van der Waals surface area contributed by atoms with E-state index in [1.54, 1.807) is 0 Å². The molecule has 0 atom stereocenters. The Morgan fingerprint density at radius 2 is 2.40 bits per heavy atom. The predicted octanol–water partition coefficient (Wildman–Crippen LogP) is 2.35. The van der Waals surface area contributed by atoms with E-state index in [2.05, 4.69) is 38.0 Å². The van der Waals surface area contributed by atoms with E-state index in [-0.39, 0.29) is 0 Å². The Labute approximate surface area is 99.4 Å². The van der Waals surface area contributed by atoms with Crippen LogP contribution in [0, 0.1) is 0 Å². The summed E-state index contributed by atoms with van der Waals surface area (Å²) < 4.78 is 3.26. The van der Waals surface area contributed by atoms with Crippen LogP contribution in [-0.4, -0.2) is 22.4 Å². The molecule has 15 heavy (non-hydrogen) atoms. The molecular weight excluding hydrogens is 254 g/mol. The van der Waals surface area contributed by atoms with Crippen molar-refractivity contribution in [2.24, 2.45) is 0 Å². The summed E-state index contributed by atoms with van der Waals surface area (Å²) in [5.74, 6) is 0. The van der Waals surface area contributed by atoms with Gasteiger partial charge in [0.1, 0.15) is 0 Å². The highest BCUT2D eigenvalue weighted by molar-refractivity contribution is 9.10. The lowest BCUT2D eigenvalue weighted by molar-refractivity contribution is 0.560. The van der Waals surface area contributed by atoms with E-state index in [0.29, 0.717) is 0 Å². The van der Waals surface area contributed by atoms with Gasteiger partial charge < -0.3 is 5.32 Å². The molecule has 1 aromatic heterocycles. The Balaban J connectivity index is 1.88. The maximum atomic E-state index is 4.36. The third-order valence-electron chi connectivity index (χ3n) is 2.71. The Morgan fingerprint density at radius 1 is 1.60 bits per heavy atom. The van der Waals surface area contributed by atoms with Crippen LogP contribution >= 0.6 is 15.9 Å². The second kappa shape index (κ2) is 5.12. The first-order chi connectivity index (χ1) is 7.31. The molecule has 3 nitrogen and oxygen atoms in total. The van der Waals surface area contributed by atoms with Gasteiger partial charge in [0.15, 0.2) is 0 Å². The van der Waals surface area contributed by atoms with Crippen molar-refractivity contribution in [3.63, 3.8) is 0 Å². The van der Waals surface area contributed by atoms with Crippen molar-refractivity contribution in [2.45, 2.75) is 45.2 Å². The Morgan fingerprint density at radius 3 is 3.07 bits per heavy atom. The Hall–Kier alpha value is -0.350. The van der Waals surface area contributed by atoms with E-state index in [4.69, 9.17) is 0 Å². The summed E-state index contributed by atoms with van der Waals surface area (Å²) in [6.07, 6.45) is 6.82. The molecule has 1 aromatic rings. The normalized spacial score (nSPS) is 15.9. The summed E-state index contributed by atoms with van der Waals surface area (Å²) in [5, 5.41) is 7.89. The summed E-state index contributed by atoms with van der Waals surface area (Å²) in [5.41, 5.74) is 1.32. The fourth-order valence-electron chi connectivity index (χ4n) is 1.72. The highest BCUT2D eigenvalue weighted by Gasteiger charge is 2.20. The maximum Gasteiger partial charge on any atom is 0.0635 e. The van der Waals surface area contributed by atoms with Crippen LogP contribution < -0.4 is 5.32 Å². The first-order valence-electron chi connectivity index (χ1n) is 5.75. The van der Waals surface area contributed by atoms with Gasteiger partial charge in [0.2, 0.25) is 0 Å². The van der Waals surface area contributed by atoms with Crippen LogP contribution in [0.4, 0.5) is 0 Å². The lowest BCUT2D eigenvalue weighted by atomic mass is 10.3. The average Bonchev–Trinajstić information content (AvgIpc) is 2.97. The molecule has 0 saturated heterocycles. The number of hydrogen-bond donors (Lipinski definition) is 1. The van der Waals surface area contributed by atoms with Gasteiger partial charge >= 0.3 is 0 Å². The number of nitrogens with one attached hydrogen (secondary N) is 1. The van der Waals surface area contributed by atoms with Gasteiger partial charge in [-0.25, -0.2) is 0 Å². The standard InChI is InChI=1S/C11H18BrN3/c1-2-7-15-11(10(12)8-14-15)5-6-13-9-3-4-9/h8-9,13H,2-7H2,1H3. The largest absolute Gasteiger partial charge is 0.314 e. The zero-order valence-electron chi connectivity index (χ0n) is 9.17. The van der Waals surface area contributed by atoms with Crippen molar-refractivity contribution in [3.8, 4) is 0 Å². The summed E-state index contributed by atoms with van der Waals surface area (Å²) in [7, 11) is 0. The van der Waals surface area contributed by atoms with E-state index < -0.39 is 0 Å². The maximum absolute atomic E-state index is 4.36. The predicted molar refractivity (Wildman–Crippen MR) is 64.9 cm³/mol. The molecular formula is C11H18BrN3. The van der Waals surface area contributed by atoms with Crippen LogP contribution in [0.15, 0.2) is 10.7 Å². The molecule has 0 unspecified atom stereocenters. The van der Waals surface area contributed by atoms with Crippen LogP contribution in [0.2, 0.25) is 0 Å². The van der Waals surface area contributed by atoms with Crippen LogP contribution in [0.1, 0.15) is 31.9 Å². The van der Waals surface area contributed by atoms with Crippen molar-refractivity contribution in [1.82, 2.24) is 15.1 Å². The molecule has 1 heterocycles. The van der Waals surface area contributed by atoms with Gasteiger partial charge in [-0.2, -0.15) is 5.10 Å². The first kappa shape index (κ1) is 11.1. The minimum Gasteiger partial charge on any atom is -0.314 e. The van der Waals surface area contributed by atoms with Gasteiger partial charge in [0.25, 0.3) is 0 Å². The smallest absolute Gasteiger partial charge is 0.0635 e. The molecule has 0 aromatic carbocycles. The molecule has 0 radical (unpaired) electrons. The highest BCUT2D eigenvalue weighted by Crippen LogP contribution is 2.20. The first-order valence-corrected chi connectivity index (χ1v) is 6.54. The highest BCUT2D eigenvalue weighted by atomic mass is 79.9. The molecule has 1 aliphatic carbocycles. The van der Waals surface area contributed by atoms with Crippen molar-refractivity contribution in [3.05, 3.63) is 16.4 Å². The third kappa shape index (κ3) is 3.05. The van der Waals surface area contributed by atoms with Crippen molar-refractivity contribution < 1.29 is 0 Å². The lowest BCUT2D eigenvalue weighted by Gasteiger charge is -2.07. The molecule has 1 aliphatic rings. The molecule has 1 fully saturated rings. The number of halogens is 1. The summed E-state index contributed by atoms with van der Waals surface area (Å²) in [6, 6.07) is 0.798. The van der Waals surface area contributed by atoms with Crippen LogP contribution in [-0.2, 0) is 13.0 Å². The molecule has 0 amide bonds. The van der Waals surface area contributed by atoms with E-state index in [0.717, 1.165) is 36.4 Å². The van der Waals surface area contributed by atoms with Gasteiger partial charge in [-0.3, -0.25) is 4.68 Å². The SMILES string of the molecule is CCCn1ncc(Br)c1CCNC1CC1. The van der Waals surface area contributed by atoms with E-state index in [1.165, 1.54) is 18.5 Å². The molecule has 2 rings (SSSR count). The van der Waals surface area contributed by atoms with Crippen LogP contribution in [0.5, 0.6) is 0 Å². The molecule has 0 bridgehead atoms. The molecule has 84 valence electrons. The van der Waals surface area contributed by atoms with Crippen molar-refractivity contribution >= 4 is 15.9 Å². The van der Waals surface area contributed by atoms with Crippen LogP contribution in [0.3, 0.4) is 0 Å². The minimum atomic E-state index is 0.798. The van der Waals surface area contributed by atoms with Crippen molar-refractivity contribution in [1.29, 1.82) is 0 Å². The molecule has 4 heteroatoms. The average molecular weight is 272 g/mol. The van der Waals surface area contributed by atoms with Gasteiger partial charge in [-0.1, -0.05) is 6.92 Å². The quantitative estimate of drug-likeness (QED) is 0.861. The Bertz CT molecular complexity index is 318. The third-order valence-corrected chi connectivity index (χ3v) is 3.37. The monoisotopic (exact) mass is 271 g/mol. The van der Waals surface area contributed by atoms with Crippen LogP contribution in [0.25, 0.3) is 0 Å². The zero-order valence-corrected chi connectivity index (χ0v) is 10.8. The second-order valence-corrected chi connectivity index (χ2v) is 5.00. The number of nitrogens with zero attached hydrogens (tertiary/aromatic N) is 2. The van der Waals surface area contributed by atoms with Crippen molar-refractivity contribution in [2.75, 3.05) is 6.54 Å². The summed E-state index contributed by atoms with van der Waals surface area (Å²) >= 11 is 3.56. The topological polar surface area (TPSA) is 29.9 Å². The van der Waals surface area contributed by atoms with E-state index >= 15 is 0 Å². The number of aryl methyl sites for hydroxylation is 1. The van der Waals surface area contributed by atoms with Gasteiger partial charge in [0, 0.05) is 25.6 Å². The van der Waals surface area contributed by atoms with E-state index in [1.807, 2.05) is 6.20 Å². The molecule has 1 saturated carbocycles. The summed E-state index contributed by atoms with van der Waals surface area (Å²) in [6.45, 7) is 4.27. The van der Waals surface area contributed by atoms with Gasteiger partial charge in [0.05, 0.1) is 16.4 Å². The van der Waals surface area contributed by atoms with Gasteiger partial charge in [-0.15, -0.1) is 0 Å². The van der Waals surface area contributed by atoms with E-state index in [9.17, 15) is 0 Å². The second-order valence-electron chi connectivity index (χ2n) is 4.14. The van der Waals surface area contributed by atoms with Gasteiger partial charge in [-0.05, 0) is 35.2 Å². The number of rotatable bonds is 6. The fourth-order valence-corrected chi connectivity index (χ4v) is 2.22. The Kier molecular flexibility index (Phi) is 3.81. The minimum absolute atomic E-state index is 0.798. The fraction of sp³-hybridized carbons (Fsp3) is 0.727. The molecule has 0 spiro atoms. The zero-order chi connectivity index (χ0) is 10.7. The molecule has 0 aliphatic heterocycles. The molecule has 1 N–H and O–H groups in total. The number of hydrogen-bond acceptors (Lipinski definition) is 2. The lowest BCUT2D eigenvalue weighted by Crippen LogP contribution is -2.20.